The number of likely N-dealkylation sites (tertiary alicyclic amines) is 1. The van der Waals surface area contributed by atoms with Crippen LogP contribution < -0.4 is 0 Å². The standard InChI is InChI=1S/C15H19F2N3S/c1-10(19-7-3-2-4-8-19)9-20-14-12(18-15(20)21)6-5-11(16)13(14)17/h5-6,10H,2-4,7-9H2,1H3,(H,18,21). The SMILES string of the molecule is CC(Cn1c(=S)[nH]c2ccc(F)c(F)c21)N1CCCCC1. The summed E-state index contributed by atoms with van der Waals surface area (Å²) in [6.07, 6.45) is 3.68. The van der Waals surface area contributed by atoms with E-state index in [1.807, 2.05) is 0 Å². The van der Waals surface area contributed by atoms with Gasteiger partial charge in [-0.1, -0.05) is 6.42 Å². The van der Waals surface area contributed by atoms with Crippen LogP contribution in [-0.4, -0.2) is 33.6 Å². The zero-order valence-electron chi connectivity index (χ0n) is 12.0. The third-order valence-electron chi connectivity index (χ3n) is 4.29. The van der Waals surface area contributed by atoms with Gasteiger partial charge in [0.25, 0.3) is 0 Å². The fraction of sp³-hybridized carbons (Fsp3) is 0.533. The third-order valence-corrected chi connectivity index (χ3v) is 4.61. The molecule has 1 aliphatic heterocycles. The maximum atomic E-state index is 14.1. The van der Waals surface area contributed by atoms with Crippen molar-refractivity contribution in [2.75, 3.05) is 13.1 Å². The Kier molecular flexibility index (Phi) is 4.08. The van der Waals surface area contributed by atoms with Crippen LogP contribution in [0.3, 0.4) is 0 Å². The van der Waals surface area contributed by atoms with Crippen molar-refractivity contribution in [3.05, 3.63) is 28.5 Å². The van der Waals surface area contributed by atoms with E-state index < -0.39 is 11.6 Å². The summed E-state index contributed by atoms with van der Waals surface area (Å²) in [5.74, 6) is -1.67. The second kappa shape index (κ2) is 5.85. The molecule has 6 heteroatoms. The Morgan fingerprint density at radius 3 is 2.67 bits per heavy atom. The van der Waals surface area contributed by atoms with Crippen molar-refractivity contribution in [3.63, 3.8) is 0 Å². The number of imidazole rings is 1. The Bertz CT molecular complexity index is 701. The van der Waals surface area contributed by atoms with Crippen molar-refractivity contribution in [2.24, 2.45) is 0 Å². The van der Waals surface area contributed by atoms with Crippen molar-refractivity contribution in [1.82, 2.24) is 14.5 Å². The minimum absolute atomic E-state index is 0.240. The smallest absolute Gasteiger partial charge is 0.184 e. The molecule has 1 fully saturated rings. The number of hydrogen-bond donors (Lipinski definition) is 1. The fourth-order valence-electron chi connectivity index (χ4n) is 3.10. The number of nitrogens with zero attached hydrogens (tertiary/aromatic N) is 2. The number of aromatic nitrogens is 2. The summed E-state index contributed by atoms with van der Waals surface area (Å²) >= 11 is 5.28. The largest absolute Gasteiger partial charge is 0.330 e. The molecule has 3 rings (SSSR count). The monoisotopic (exact) mass is 311 g/mol. The van der Waals surface area contributed by atoms with E-state index >= 15 is 0 Å². The normalized spacial score (nSPS) is 18.2. The number of aromatic amines is 1. The van der Waals surface area contributed by atoms with E-state index in [2.05, 4.69) is 16.8 Å². The molecule has 0 spiro atoms. The molecule has 2 heterocycles. The lowest BCUT2D eigenvalue weighted by Gasteiger charge is -2.32. The molecule has 0 aliphatic carbocycles. The molecule has 1 aromatic carbocycles. The number of nitrogens with one attached hydrogen (secondary N) is 1. The number of H-pyrrole nitrogens is 1. The molecule has 1 saturated heterocycles. The Balaban J connectivity index is 1.94. The van der Waals surface area contributed by atoms with Crippen LogP contribution in [0.5, 0.6) is 0 Å². The van der Waals surface area contributed by atoms with Gasteiger partial charge in [-0.3, -0.25) is 4.90 Å². The highest BCUT2D eigenvalue weighted by molar-refractivity contribution is 7.71. The molecule has 1 unspecified atom stereocenters. The van der Waals surface area contributed by atoms with Crippen molar-refractivity contribution < 1.29 is 8.78 Å². The van der Waals surface area contributed by atoms with Crippen LogP contribution in [-0.2, 0) is 6.54 Å². The van der Waals surface area contributed by atoms with E-state index in [0.29, 0.717) is 16.8 Å². The predicted molar refractivity (Wildman–Crippen MR) is 81.9 cm³/mol. The van der Waals surface area contributed by atoms with Gasteiger partial charge in [0, 0.05) is 12.6 Å². The molecular formula is C15H19F2N3S. The van der Waals surface area contributed by atoms with Crippen molar-refractivity contribution >= 4 is 23.3 Å². The van der Waals surface area contributed by atoms with Gasteiger partial charge in [0.2, 0.25) is 0 Å². The number of rotatable bonds is 3. The molecule has 0 saturated carbocycles. The van der Waals surface area contributed by atoms with Crippen LogP contribution in [0.4, 0.5) is 8.78 Å². The summed E-state index contributed by atoms with van der Waals surface area (Å²) in [7, 11) is 0. The Hall–Kier alpha value is -1.27. The highest BCUT2D eigenvalue weighted by Crippen LogP contribution is 2.22. The number of halogens is 2. The molecule has 1 aromatic heterocycles. The highest BCUT2D eigenvalue weighted by atomic mass is 32.1. The fourth-order valence-corrected chi connectivity index (χ4v) is 3.38. The summed E-state index contributed by atoms with van der Waals surface area (Å²) in [5, 5.41) is 0. The lowest BCUT2D eigenvalue weighted by Crippen LogP contribution is -2.39. The summed E-state index contributed by atoms with van der Waals surface area (Å²) in [6.45, 7) is 4.81. The summed E-state index contributed by atoms with van der Waals surface area (Å²) in [5.41, 5.74) is 0.786. The van der Waals surface area contributed by atoms with Gasteiger partial charge in [-0.2, -0.15) is 0 Å². The van der Waals surface area contributed by atoms with E-state index in [4.69, 9.17) is 12.2 Å². The molecule has 21 heavy (non-hydrogen) atoms. The lowest BCUT2D eigenvalue weighted by molar-refractivity contribution is 0.160. The summed E-state index contributed by atoms with van der Waals surface area (Å²) in [4.78, 5) is 5.35. The van der Waals surface area contributed by atoms with Crippen LogP contribution >= 0.6 is 12.2 Å². The van der Waals surface area contributed by atoms with Crippen LogP contribution in [0.1, 0.15) is 26.2 Å². The quantitative estimate of drug-likeness (QED) is 0.871. The molecule has 2 aromatic rings. The van der Waals surface area contributed by atoms with E-state index in [1.165, 1.54) is 25.3 Å². The van der Waals surface area contributed by atoms with Gasteiger partial charge >= 0.3 is 0 Å². The molecule has 114 valence electrons. The molecule has 1 aliphatic rings. The third kappa shape index (κ3) is 2.74. The van der Waals surface area contributed by atoms with Gasteiger partial charge in [0.05, 0.1) is 5.52 Å². The maximum Gasteiger partial charge on any atom is 0.184 e. The number of fused-ring (bicyclic) bond motifs is 1. The first kappa shape index (κ1) is 14.7. The van der Waals surface area contributed by atoms with Crippen molar-refractivity contribution in [2.45, 2.75) is 38.8 Å². The molecule has 1 atom stereocenters. The average Bonchev–Trinajstić information content (AvgIpc) is 2.81. The minimum atomic E-state index is -0.837. The van der Waals surface area contributed by atoms with Gasteiger partial charge < -0.3 is 9.55 Å². The zero-order valence-corrected chi connectivity index (χ0v) is 12.8. The predicted octanol–water partition coefficient (Wildman–Crippen LogP) is 3.85. The minimum Gasteiger partial charge on any atom is -0.330 e. The maximum absolute atomic E-state index is 14.1. The van der Waals surface area contributed by atoms with Crippen LogP contribution in [0.2, 0.25) is 0 Å². The molecular weight excluding hydrogens is 292 g/mol. The highest BCUT2D eigenvalue weighted by Gasteiger charge is 2.20. The first-order valence-electron chi connectivity index (χ1n) is 7.38. The van der Waals surface area contributed by atoms with Crippen LogP contribution in [0.25, 0.3) is 11.0 Å². The average molecular weight is 311 g/mol. The number of hydrogen-bond acceptors (Lipinski definition) is 2. The summed E-state index contributed by atoms with van der Waals surface area (Å²) < 4.78 is 29.7. The van der Waals surface area contributed by atoms with E-state index in [0.717, 1.165) is 19.2 Å². The van der Waals surface area contributed by atoms with Crippen molar-refractivity contribution in [3.8, 4) is 0 Å². The molecule has 0 radical (unpaired) electrons. The Labute approximate surface area is 127 Å². The second-order valence-electron chi connectivity index (χ2n) is 5.74. The number of benzene rings is 1. The van der Waals surface area contributed by atoms with Gasteiger partial charge in [-0.05, 0) is 57.2 Å². The van der Waals surface area contributed by atoms with Crippen LogP contribution in [0.15, 0.2) is 12.1 Å². The van der Waals surface area contributed by atoms with Crippen LogP contribution in [0, 0.1) is 16.4 Å². The molecule has 0 bridgehead atoms. The zero-order chi connectivity index (χ0) is 15.0. The Morgan fingerprint density at radius 1 is 1.24 bits per heavy atom. The first-order valence-corrected chi connectivity index (χ1v) is 7.79. The van der Waals surface area contributed by atoms with Gasteiger partial charge in [0.15, 0.2) is 16.4 Å². The van der Waals surface area contributed by atoms with E-state index in [9.17, 15) is 8.78 Å². The topological polar surface area (TPSA) is 24.0 Å². The first-order chi connectivity index (χ1) is 10.1. The van der Waals surface area contributed by atoms with E-state index in [1.54, 1.807) is 4.57 Å². The number of piperidine rings is 1. The molecule has 3 nitrogen and oxygen atoms in total. The summed E-state index contributed by atoms with van der Waals surface area (Å²) in [6, 6.07) is 2.91. The van der Waals surface area contributed by atoms with Gasteiger partial charge in [-0.15, -0.1) is 0 Å². The second-order valence-corrected chi connectivity index (χ2v) is 6.13. The van der Waals surface area contributed by atoms with Crippen molar-refractivity contribution in [1.29, 1.82) is 0 Å². The Morgan fingerprint density at radius 2 is 1.95 bits per heavy atom. The van der Waals surface area contributed by atoms with Gasteiger partial charge in [-0.25, -0.2) is 8.78 Å². The molecule has 0 amide bonds. The lowest BCUT2D eigenvalue weighted by atomic mass is 10.1. The molecule has 1 N–H and O–H groups in total. The van der Waals surface area contributed by atoms with E-state index in [-0.39, 0.29) is 11.6 Å². The van der Waals surface area contributed by atoms with Gasteiger partial charge in [0.1, 0.15) is 5.52 Å².